The Morgan fingerprint density at radius 2 is 2.33 bits per heavy atom. The van der Waals surface area contributed by atoms with Crippen LogP contribution in [0, 0.1) is 0 Å². The number of aromatic nitrogens is 2. The molecule has 0 amide bonds. The Morgan fingerprint density at radius 1 is 1.50 bits per heavy atom. The van der Waals surface area contributed by atoms with Gasteiger partial charge in [-0.15, -0.1) is 11.3 Å². The molecule has 0 aliphatic heterocycles. The van der Waals surface area contributed by atoms with Gasteiger partial charge < -0.3 is 9.88 Å². The summed E-state index contributed by atoms with van der Waals surface area (Å²) < 4.78 is 3.28. The molecule has 1 unspecified atom stereocenters. The van der Waals surface area contributed by atoms with E-state index in [-0.39, 0.29) is 6.04 Å². The lowest BCUT2D eigenvalue weighted by Gasteiger charge is -2.17. The van der Waals surface area contributed by atoms with Crippen LogP contribution in [0.2, 0.25) is 0 Å². The van der Waals surface area contributed by atoms with Crippen molar-refractivity contribution in [3.63, 3.8) is 0 Å². The fourth-order valence-corrected chi connectivity index (χ4v) is 3.48. The third-order valence-electron chi connectivity index (χ3n) is 2.85. The van der Waals surface area contributed by atoms with Crippen LogP contribution in [0.5, 0.6) is 0 Å². The van der Waals surface area contributed by atoms with Gasteiger partial charge in [-0.2, -0.15) is 0 Å². The largest absolute Gasteiger partial charge is 0.337 e. The summed E-state index contributed by atoms with van der Waals surface area (Å²) in [5, 5.41) is 3.58. The summed E-state index contributed by atoms with van der Waals surface area (Å²) in [6.45, 7) is 3.20. The summed E-state index contributed by atoms with van der Waals surface area (Å²) in [4.78, 5) is 5.84. The fraction of sp³-hybridized carbons (Fsp3) is 0.462. The minimum absolute atomic E-state index is 0.287. The van der Waals surface area contributed by atoms with Crippen molar-refractivity contribution >= 4 is 27.3 Å². The fourth-order valence-electron chi connectivity index (χ4n) is 1.95. The second kappa shape index (κ2) is 6.50. The zero-order chi connectivity index (χ0) is 13.0. The molecule has 2 heterocycles. The quantitative estimate of drug-likeness (QED) is 0.879. The normalized spacial score (nSPS) is 12.8. The lowest BCUT2D eigenvalue weighted by atomic mass is 10.1. The number of imidazole rings is 1. The van der Waals surface area contributed by atoms with E-state index in [9.17, 15) is 0 Å². The van der Waals surface area contributed by atoms with E-state index in [1.54, 1.807) is 11.3 Å². The molecule has 0 bridgehead atoms. The Balaban J connectivity index is 2.12. The Morgan fingerprint density at radius 3 is 2.89 bits per heavy atom. The number of hydrogen-bond donors (Lipinski definition) is 1. The van der Waals surface area contributed by atoms with Crippen molar-refractivity contribution in [2.45, 2.75) is 25.8 Å². The van der Waals surface area contributed by atoms with Crippen LogP contribution in [-0.2, 0) is 13.5 Å². The zero-order valence-electron chi connectivity index (χ0n) is 10.7. The van der Waals surface area contributed by atoms with Gasteiger partial charge in [0.25, 0.3) is 0 Å². The maximum Gasteiger partial charge on any atom is 0.125 e. The number of hydrogen-bond acceptors (Lipinski definition) is 3. The summed E-state index contributed by atoms with van der Waals surface area (Å²) >= 11 is 5.31. The average molecular weight is 328 g/mol. The minimum atomic E-state index is 0.287. The second-order valence-electron chi connectivity index (χ2n) is 4.31. The highest BCUT2D eigenvalue weighted by molar-refractivity contribution is 9.11. The van der Waals surface area contributed by atoms with Crippen LogP contribution in [0.4, 0.5) is 0 Å². The van der Waals surface area contributed by atoms with Gasteiger partial charge in [0.15, 0.2) is 0 Å². The maximum atomic E-state index is 4.47. The van der Waals surface area contributed by atoms with E-state index in [1.165, 1.54) is 8.66 Å². The van der Waals surface area contributed by atoms with Gasteiger partial charge in [0, 0.05) is 30.7 Å². The molecule has 98 valence electrons. The molecule has 0 saturated carbocycles. The number of nitrogens with zero attached hydrogens (tertiary/aromatic N) is 2. The van der Waals surface area contributed by atoms with Gasteiger partial charge in [-0.3, -0.25) is 0 Å². The first-order valence-corrected chi connectivity index (χ1v) is 7.76. The average Bonchev–Trinajstić information content (AvgIpc) is 2.93. The molecule has 0 spiro atoms. The van der Waals surface area contributed by atoms with Crippen molar-refractivity contribution in [2.75, 3.05) is 6.54 Å². The van der Waals surface area contributed by atoms with Crippen LogP contribution >= 0.6 is 27.3 Å². The van der Waals surface area contributed by atoms with Crippen molar-refractivity contribution in [1.82, 2.24) is 14.9 Å². The van der Waals surface area contributed by atoms with Crippen LogP contribution in [0.15, 0.2) is 28.3 Å². The highest BCUT2D eigenvalue weighted by atomic mass is 79.9. The molecular formula is C13H18BrN3S. The van der Waals surface area contributed by atoms with Gasteiger partial charge in [-0.25, -0.2) is 4.98 Å². The molecule has 0 aliphatic carbocycles. The molecule has 0 aliphatic rings. The molecule has 2 rings (SSSR count). The first-order chi connectivity index (χ1) is 8.70. The van der Waals surface area contributed by atoms with Gasteiger partial charge in [0.2, 0.25) is 0 Å². The number of nitrogens with one attached hydrogen (secondary N) is 1. The van der Waals surface area contributed by atoms with Gasteiger partial charge in [0.05, 0.1) is 9.83 Å². The van der Waals surface area contributed by atoms with E-state index in [0.29, 0.717) is 0 Å². The molecule has 2 aromatic rings. The standard InChI is InChI=1S/C13H18BrN3S/c1-3-6-15-11(13-16-7-8-17(13)2)9-10-4-5-12(14)18-10/h4-5,7-8,11,15H,3,6,9H2,1-2H3. The molecule has 5 heteroatoms. The Labute approximate surface area is 120 Å². The van der Waals surface area contributed by atoms with Crippen molar-refractivity contribution < 1.29 is 0 Å². The lowest BCUT2D eigenvalue weighted by molar-refractivity contribution is 0.494. The summed E-state index contributed by atoms with van der Waals surface area (Å²) in [7, 11) is 2.05. The van der Waals surface area contributed by atoms with Crippen LogP contribution in [-0.4, -0.2) is 16.1 Å². The second-order valence-corrected chi connectivity index (χ2v) is 6.86. The highest BCUT2D eigenvalue weighted by Gasteiger charge is 2.16. The summed E-state index contributed by atoms with van der Waals surface area (Å²) in [6.07, 6.45) is 5.98. The SMILES string of the molecule is CCCNC(Cc1ccc(Br)s1)c1nccn1C. The van der Waals surface area contributed by atoms with E-state index in [4.69, 9.17) is 0 Å². The first-order valence-electron chi connectivity index (χ1n) is 6.15. The number of halogens is 1. The molecule has 0 fully saturated rings. The van der Waals surface area contributed by atoms with E-state index in [0.717, 1.165) is 25.2 Å². The van der Waals surface area contributed by atoms with Gasteiger partial charge >= 0.3 is 0 Å². The van der Waals surface area contributed by atoms with Crippen molar-refractivity contribution in [3.8, 4) is 0 Å². The predicted octanol–water partition coefficient (Wildman–Crippen LogP) is 3.53. The first kappa shape index (κ1) is 13.8. The van der Waals surface area contributed by atoms with Gasteiger partial charge in [0.1, 0.15) is 5.82 Å². The van der Waals surface area contributed by atoms with Crippen LogP contribution in [0.3, 0.4) is 0 Å². The molecule has 2 aromatic heterocycles. The Kier molecular flexibility index (Phi) is 4.97. The third kappa shape index (κ3) is 3.43. The van der Waals surface area contributed by atoms with Crippen LogP contribution < -0.4 is 5.32 Å². The molecule has 1 N–H and O–H groups in total. The Hall–Kier alpha value is -0.650. The molecule has 18 heavy (non-hydrogen) atoms. The third-order valence-corrected chi connectivity index (χ3v) is 4.49. The van der Waals surface area contributed by atoms with E-state index < -0.39 is 0 Å². The van der Waals surface area contributed by atoms with Crippen LogP contribution in [0.1, 0.15) is 30.1 Å². The maximum absolute atomic E-state index is 4.47. The zero-order valence-corrected chi connectivity index (χ0v) is 13.1. The van der Waals surface area contributed by atoms with Gasteiger partial charge in [-0.1, -0.05) is 6.92 Å². The molecule has 0 radical (unpaired) electrons. The molecule has 0 saturated heterocycles. The molecule has 1 atom stereocenters. The lowest BCUT2D eigenvalue weighted by Crippen LogP contribution is -2.26. The highest BCUT2D eigenvalue weighted by Crippen LogP contribution is 2.26. The minimum Gasteiger partial charge on any atom is -0.337 e. The van der Waals surface area contributed by atoms with E-state index >= 15 is 0 Å². The van der Waals surface area contributed by atoms with Crippen molar-refractivity contribution in [2.24, 2.45) is 7.05 Å². The Bertz CT molecular complexity index is 492. The van der Waals surface area contributed by atoms with Crippen LogP contribution in [0.25, 0.3) is 0 Å². The molecular weight excluding hydrogens is 310 g/mol. The smallest absolute Gasteiger partial charge is 0.125 e. The van der Waals surface area contributed by atoms with Crippen molar-refractivity contribution in [3.05, 3.63) is 39.0 Å². The van der Waals surface area contributed by atoms with Gasteiger partial charge in [-0.05, 0) is 41.0 Å². The number of thiophene rings is 1. The van der Waals surface area contributed by atoms with E-state index in [2.05, 4.69) is 49.9 Å². The summed E-state index contributed by atoms with van der Waals surface area (Å²) in [5.74, 6) is 1.10. The monoisotopic (exact) mass is 327 g/mol. The van der Waals surface area contributed by atoms with E-state index in [1.807, 2.05) is 19.4 Å². The summed E-state index contributed by atoms with van der Waals surface area (Å²) in [6, 6.07) is 4.57. The number of aryl methyl sites for hydroxylation is 1. The molecule has 3 nitrogen and oxygen atoms in total. The topological polar surface area (TPSA) is 29.9 Å². The predicted molar refractivity (Wildman–Crippen MR) is 80.0 cm³/mol. The number of rotatable bonds is 6. The molecule has 0 aromatic carbocycles. The van der Waals surface area contributed by atoms with Crippen molar-refractivity contribution in [1.29, 1.82) is 0 Å². The summed E-state index contributed by atoms with van der Waals surface area (Å²) in [5.41, 5.74) is 0.